The van der Waals surface area contributed by atoms with Gasteiger partial charge in [-0.05, 0) is 38.9 Å². The van der Waals surface area contributed by atoms with E-state index in [4.69, 9.17) is 0 Å². The summed E-state index contributed by atoms with van der Waals surface area (Å²) in [5, 5.41) is 12.7. The summed E-state index contributed by atoms with van der Waals surface area (Å²) in [6, 6.07) is 9.14. The number of nitrogens with zero attached hydrogens (tertiary/aromatic N) is 1. The van der Waals surface area contributed by atoms with Crippen LogP contribution in [0.3, 0.4) is 0 Å². The molecule has 3 nitrogen and oxygen atoms in total. The van der Waals surface area contributed by atoms with Crippen molar-refractivity contribution in [3.63, 3.8) is 0 Å². The second-order valence-electron chi connectivity index (χ2n) is 4.85. The van der Waals surface area contributed by atoms with Crippen LogP contribution < -0.4 is 10.2 Å². The van der Waals surface area contributed by atoms with Crippen LogP contribution in [0.2, 0.25) is 0 Å². The Labute approximate surface area is 111 Å². The summed E-state index contributed by atoms with van der Waals surface area (Å²) in [5.41, 5.74) is 2.51. The first-order valence-electron chi connectivity index (χ1n) is 6.81. The predicted octanol–water partition coefficient (Wildman–Crippen LogP) is 2.56. The van der Waals surface area contributed by atoms with Crippen molar-refractivity contribution >= 4 is 5.69 Å². The molecule has 0 spiro atoms. The summed E-state index contributed by atoms with van der Waals surface area (Å²) in [5.74, 6) is 0. The zero-order valence-electron chi connectivity index (χ0n) is 12.0. The molecule has 0 bridgehead atoms. The fraction of sp³-hybridized carbons (Fsp3) is 0.600. The summed E-state index contributed by atoms with van der Waals surface area (Å²) in [6.07, 6.45) is 0. The average molecular weight is 250 g/mol. The predicted molar refractivity (Wildman–Crippen MR) is 78.1 cm³/mol. The Morgan fingerprint density at radius 1 is 1.22 bits per heavy atom. The van der Waals surface area contributed by atoms with Crippen molar-refractivity contribution < 1.29 is 5.11 Å². The molecule has 0 saturated carbocycles. The maximum atomic E-state index is 9.22. The van der Waals surface area contributed by atoms with E-state index < -0.39 is 0 Å². The van der Waals surface area contributed by atoms with E-state index in [1.807, 2.05) is 0 Å². The summed E-state index contributed by atoms with van der Waals surface area (Å²) in [4.78, 5) is 2.25. The molecule has 0 aromatic heterocycles. The first-order chi connectivity index (χ1) is 8.61. The van der Waals surface area contributed by atoms with Gasteiger partial charge in [-0.15, -0.1) is 0 Å². The zero-order valence-corrected chi connectivity index (χ0v) is 12.0. The highest BCUT2D eigenvalue weighted by atomic mass is 16.3. The number of aliphatic hydroxyl groups excluding tert-OH is 1. The van der Waals surface area contributed by atoms with Crippen LogP contribution in [0.5, 0.6) is 0 Å². The van der Waals surface area contributed by atoms with Gasteiger partial charge in [0.25, 0.3) is 0 Å². The van der Waals surface area contributed by atoms with E-state index in [0.717, 1.165) is 6.54 Å². The molecule has 0 fully saturated rings. The number of nitrogens with one attached hydrogen (secondary N) is 1. The maximum absolute atomic E-state index is 9.22. The maximum Gasteiger partial charge on any atom is 0.0606 e. The smallest absolute Gasteiger partial charge is 0.0606 e. The van der Waals surface area contributed by atoms with Gasteiger partial charge in [-0.2, -0.15) is 0 Å². The molecule has 3 heteroatoms. The van der Waals surface area contributed by atoms with Gasteiger partial charge in [0.05, 0.1) is 6.61 Å². The second kappa shape index (κ2) is 7.39. The van der Waals surface area contributed by atoms with E-state index in [1.165, 1.54) is 11.3 Å². The highest BCUT2D eigenvalue weighted by molar-refractivity contribution is 5.55. The van der Waals surface area contributed by atoms with Crippen LogP contribution in [0.1, 0.15) is 39.3 Å². The lowest BCUT2D eigenvalue weighted by Gasteiger charge is -2.32. The first-order valence-corrected chi connectivity index (χ1v) is 6.81. The van der Waals surface area contributed by atoms with Gasteiger partial charge in [0, 0.05) is 24.3 Å². The molecule has 102 valence electrons. The van der Waals surface area contributed by atoms with Gasteiger partial charge in [-0.1, -0.05) is 25.1 Å². The molecule has 1 atom stereocenters. The fourth-order valence-corrected chi connectivity index (χ4v) is 2.30. The lowest BCUT2D eigenvalue weighted by atomic mass is 10.0. The lowest BCUT2D eigenvalue weighted by Crippen LogP contribution is -2.35. The van der Waals surface area contributed by atoms with E-state index in [-0.39, 0.29) is 6.61 Å². The molecular weight excluding hydrogens is 224 g/mol. The Kier molecular flexibility index (Phi) is 6.16. The van der Waals surface area contributed by atoms with Crippen molar-refractivity contribution in [1.29, 1.82) is 0 Å². The minimum Gasteiger partial charge on any atom is -0.395 e. The van der Waals surface area contributed by atoms with Gasteiger partial charge in [0.2, 0.25) is 0 Å². The average Bonchev–Trinajstić information content (AvgIpc) is 2.36. The second-order valence-corrected chi connectivity index (χ2v) is 4.85. The minimum atomic E-state index is 0.183. The standard InChI is InChI=1S/C15H26N2O/c1-5-16-13(4)14-8-6-7-9-15(14)17(10-11-18)12(2)3/h6-9,12-13,16,18H,5,10-11H2,1-4H3. The van der Waals surface area contributed by atoms with Gasteiger partial charge < -0.3 is 15.3 Å². The van der Waals surface area contributed by atoms with Crippen LogP contribution in [-0.4, -0.2) is 30.8 Å². The minimum absolute atomic E-state index is 0.183. The van der Waals surface area contributed by atoms with E-state index in [1.54, 1.807) is 0 Å². The summed E-state index contributed by atoms with van der Waals surface area (Å²) in [7, 11) is 0. The number of rotatable bonds is 7. The molecule has 0 aliphatic carbocycles. The van der Waals surface area contributed by atoms with Crippen molar-refractivity contribution in [2.45, 2.75) is 39.8 Å². The zero-order chi connectivity index (χ0) is 13.5. The third-order valence-electron chi connectivity index (χ3n) is 3.19. The number of hydrogen-bond donors (Lipinski definition) is 2. The van der Waals surface area contributed by atoms with Crippen molar-refractivity contribution in [3.05, 3.63) is 29.8 Å². The van der Waals surface area contributed by atoms with Gasteiger partial charge >= 0.3 is 0 Å². The molecule has 1 aromatic carbocycles. The number of hydrogen-bond acceptors (Lipinski definition) is 3. The number of anilines is 1. The third-order valence-corrected chi connectivity index (χ3v) is 3.19. The molecule has 1 aromatic rings. The summed E-state index contributed by atoms with van der Waals surface area (Å²) in [6.45, 7) is 10.4. The van der Waals surface area contributed by atoms with Crippen molar-refractivity contribution in [2.75, 3.05) is 24.6 Å². The molecule has 18 heavy (non-hydrogen) atoms. The van der Waals surface area contributed by atoms with Crippen LogP contribution in [-0.2, 0) is 0 Å². The van der Waals surface area contributed by atoms with Crippen LogP contribution in [0.15, 0.2) is 24.3 Å². The van der Waals surface area contributed by atoms with Crippen LogP contribution in [0.4, 0.5) is 5.69 Å². The van der Waals surface area contributed by atoms with E-state index in [2.05, 4.69) is 62.2 Å². The van der Waals surface area contributed by atoms with Crippen LogP contribution in [0.25, 0.3) is 0 Å². The van der Waals surface area contributed by atoms with Crippen molar-refractivity contribution in [1.82, 2.24) is 5.32 Å². The number of para-hydroxylation sites is 1. The van der Waals surface area contributed by atoms with Crippen molar-refractivity contribution in [2.24, 2.45) is 0 Å². The fourth-order valence-electron chi connectivity index (χ4n) is 2.30. The molecule has 1 unspecified atom stereocenters. The van der Waals surface area contributed by atoms with E-state index in [0.29, 0.717) is 18.6 Å². The third kappa shape index (κ3) is 3.72. The molecule has 0 aliphatic rings. The summed E-state index contributed by atoms with van der Waals surface area (Å²) >= 11 is 0. The highest BCUT2D eigenvalue weighted by Crippen LogP contribution is 2.27. The molecular formula is C15H26N2O. The van der Waals surface area contributed by atoms with E-state index >= 15 is 0 Å². The normalized spacial score (nSPS) is 12.8. The molecule has 2 N–H and O–H groups in total. The topological polar surface area (TPSA) is 35.5 Å². The Morgan fingerprint density at radius 3 is 2.44 bits per heavy atom. The first kappa shape index (κ1) is 15.0. The molecule has 1 rings (SSSR count). The SMILES string of the molecule is CCNC(C)c1ccccc1N(CCO)C(C)C. The molecule has 0 aliphatic heterocycles. The Hall–Kier alpha value is -1.06. The van der Waals surface area contributed by atoms with Gasteiger partial charge in [-0.25, -0.2) is 0 Å². The number of benzene rings is 1. The number of aliphatic hydroxyl groups is 1. The molecule has 0 heterocycles. The van der Waals surface area contributed by atoms with E-state index in [9.17, 15) is 5.11 Å². The van der Waals surface area contributed by atoms with Gasteiger partial charge in [0.15, 0.2) is 0 Å². The Bertz CT molecular complexity index is 352. The largest absolute Gasteiger partial charge is 0.395 e. The van der Waals surface area contributed by atoms with Gasteiger partial charge in [0.1, 0.15) is 0 Å². The lowest BCUT2D eigenvalue weighted by molar-refractivity contribution is 0.299. The van der Waals surface area contributed by atoms with Crippen LogP contribution >= 0.6 is 0 Å². The Balaban J connectivity index is 3.05. The molecule has 0 saturated heterocycles. The molecule has 0 amide bonds. The van der Waals surface area contributed by atoms with Crippen molar-refractivity contribution in [3.8, 4) is 0 Å². The summed E-state index contributed by atoms with van der Waals surface area (Å²) < 4.78 is 0. The quantitative estimate of drug-likeness (QED) is 0.780. The molecule has 0 radical (unpaired) electrons. The van der Waals surface area contributed by atoms with Gasteiger partial charge in [-0.3, -0.25) is 0 Å². The Morgan fingerprint density at radius 2 is 1.89 bits per heavy atom. The van der Waals surface area contributed by atoms with Crippen LogP contribution in [0, 0.1) is 0 Å². The monoisotopic (exact) mass is 250 g/mol. The highest BCUT2D eigenvalue weighted by Gasteiger charge is 2.16.